The van der Waals surface area contributed by atoms with E-state index in [0.717, 1.165) is 44.6 Å². The average molecular weight is 614 g/mol. The second-order valence-corrected chi connectivity index (χ2v) is 11.8. The van der Waals surface area contributed by atoms with Gasteiger partial charge < -0.3 is 15.0 Å². The molecule has 0 atom stereocenters. The van der Waals surface area contributed by atoms with Gasteiger partial charge in [-0.2, -0.15) is 0 Å². The van der Waals surface area contributed by atoms with E-state index in [-0.39, 0.29) is 24.1 Å². The summed E-state index contributed by atoms with van der Waals surface area (Å²) >= 11 is 0. The van der Waals surface area contributed by atoms with Gasteiger partial charge >= 0.3 is 6.03 Å². The number of carbonyl (C=O) groups excluding carboxylic acids is 1. The highest BCUT2D eigenvalue weighted by Gasteiger charge is 2.24. The summed E-state index contributed by atoms with van der Waals surface area (Å²) in [7, 11) is 0. The summed E-state index contributed by atoms with van der Waals surface area (Å²) in [6.07, 6.45) is 11.7. The van der Waals surface area contributed by atoms with Gasteiger partial charge in [-0.15, -0.1) is 12.3 Å². The van der Waals surface area contributed by atoms with Crippen molar-refractivity contribution in [1.82, 2.24) is 15.0 Å². The summed E-state index contributed by atoms with van der Waals surface area (Å²) in [6, 6.07) is 21.1. The van der Waals surface area contributed by atoms with Gasteiger partial charge in [0.05, 0.1) is 0 Å². The molecule has 0 fully saturated rings. The Hall–Kier alpha value is -5.42. The second kappa shape index (κ2) is 14.6. The van der Waals surface area contributed by atoms with Crippen LogP contribution in [0.4, 0.5) is 16.2 Å². The third-order valence-corrected chi connectivity index (χ3v) is 7.83. The van der Waals surface area contributed by atoms with Crippen molar-refractivity contribution >= 4 is 28.4 Å². The maximum atomic E-state index is 14.1. The van der Waals surface area contributed by atoms with Crippen molar-refractivity contribution in [3.05, 3.63) is 112 Å². The minimum atomic E-state index is -0.395. The molecule has 0 aliphatic heterocycles. The molecule has 2 N–H and O–H groups in total. The van der Waals surface area contributed by atoms with Crippen LogP contribution in [0.5, 0.6) is 5.75 Å². The standard InChI is InChI=1S/C38H39N5O3/c1-6-7-8-19-43(34-23-29-12-10-16-40-36(29)42-37(34)44)38(45)41-35-32(25(2)3)21-30(22-33(35)26(4)5)28-11-9-13-31(20-28)46-24-27-14-17-39-18-15-27/h1,9-18,20-23,25-26H,7-8,19,24H2,2-5H3,(H,41,45)(H,40,42,44). The lowest BCUT2D eigenvalue weighted by atomic mass is 9.88. The Morgan fingerprint density at radius 3 is 2.39 bits per heavy atom. The molecule has 2 aromatic carbocycles. The third kappa shape index (κ3) is 7.44. The lowest BCUT2D eigenvalue weighted by molar-refractivity contribution is 0.256. The van der Waals surface area contributed by atoms with Gasteiger partial charge in [0.25, 0.3) is 5.56 Å². The van der Waals surface area contributed by atoms with Crippen LogP contribution >= 0.6 is 0 Å². The third-order valence-electron chi connectivity index (χ3n) is 7.83. The molecule has 0 radical (unpaired) electrons. The maximum Gasteiger partial charge on any atom is 0.326 e. The quantitative estimate of drug-likeness (QED) is 0.115. The van der Waals surface area contributed by atoms with Gasteiger partial charge in [-0.3, -0.25) is 14.7 Å². The minimum Gasteiger partial charge on any atom is -0.489 e. The zero-order valence-corrected chi connectivity index (χ0v) is 26.7. The maximum absolute atomic E-state index is 14.1. The number of ether oxygens (including phenoxy) is 1. The van der Waals surface area contributed by atoms with Crippen LogP contribution in [0.15, 0.2) is 90.1 Å². The van der Waals surface area contributed by atoms with E-state index in [9.17, 15) is 9.59 Å². The van der Waals surface area contributed by atoms with Crippen LogP contribution in [0, 0.1) is 12.3 Å². The molecule has 0 bridgehead atoms. The van der Waals surface area contributed by atoms with E-state index in [4.69, 9.17) is 11.2 Å². The van der Waals surface area contributed by atoms with E-state index in [1.165, 1.54) is 4.90 Å². The van der Waals surface area contributed by atoms with Crippen molar-refractivity contribution < 1.29 is 9.53 Å². The van der Waals surface area contributed by atoms with E-state index in [2.05, 4.69) is 72.1 Å². The number of benzene rings is 2. The molecular weight excluding hydrogens is 574 g/mol. The normalized spacial score (nSPS) is 11.1. The number of nitrogens with zero attached hydrogens (tertiary/aromatic N) is 3. The highest BCUT2D eigenvalue weighted by atomic mass is 16.5. The summed E-state index contributed by atoms with van der Waals surface area (Å²) in [5, 5.41) is 3.94. The van der Waals surface area contributed by atoms with Crippen molar-refractivity contribution in [2.75, 3.05) is 16.8 Å². The fourth-order valence-corrected chi connectivity index (χ4v) is 5.39. The van der Waals surface area contributed by atoms with Crippen LogP contribution in [0.1, 0.15) is 69.1 Å². The lowest BCUT2D eigenvalue weighted by Crippen LogP contribution is -2.39. The highest BCUT2D eigenvalue weighted by Crippen LogP contribution is 2.38. The highest BCUT2D eigenvalue weighted by molar-refractivity contribution is 6.03. The molecule has 0 aliphatic rings. The molecule has 3 aromatic heterocycles. The van der Waals surface area contributed by atoms with Crippen molar-refractivity contribution in [2.24, 2.45) is 0 Å². The number of fused-ring (bicyclic) bond motifs is 1. The Morgan fingerprint density at radius 1 is 0.957 bits per heavy atom. The fourth-order valence-electron chi connectivity index (χ4n) is 5.39. The molecule has 0 saturated heterocycles. The zero-order valence-electron chi connectivity index (χ0n) is 26.7. The molecule has 5 aromatic rings. The number of pyridine rings is 3. The molecule has 46 heavy (non-hydrogen) atoms. The number of aromatic amines is 1. The molecule has 8 heteroatoms. The Morgan fingerprint density at radius 2 is 1.70 bits per heavy atom. The number of aromatic nitrogens is 3. The molecule has 5 rings (SSSR count). The van der Waals surface area contributed by atoms with Crippen LogP contribution in [0.25, 0.3) is 22.2 Å². The van der Waals surface area contributed by atoms with Gasteiger partial charge in [-0.1, -0.05) is 39.8 Å². The summed E-state index contributed by atoms with van der Waals surface area (Å²) in [6.45, 7) is 9.17. The van der Waals surface area contributed by atoms with Gasteiger partial charge in [0.1, 0.15) is 23.7 Å². The molecule has 0 unspecified atom stereocenters. The van der Waals surface area contributed by atoms with Crippen molar-refractivity contribution in [1.29, 1.82) is 0 Å². The first-order valence-electron chi connectivity index (χ1n) is 15.5. The number of amides is 2. The number of terminal acetylenes is 1. The van der Waals surface area contributed by atoms with E-state index in [1.807, 2.05) is 36.4 Å². The van der Waals surface area contributed by atoms with E-state index in [1.54, 1.807) is 30.7 Å². The minimum absolute atomic E-state index is 0.101. The monoisotopic (exact) mass is 613 g/mol. The van der Waals surface area contributed by atoms with Crippen LogP contribution < -0.4 is 20.5 Å². The Labute approximate surface area is 269 Å². The molecule has 0 spiro atoms. The number of H-pyrrole nitrogens is 1. The van der Waals surface area contributed by atoms with Gasteiger partial charge in [-0.05, 0) is 101 Å². The SMILES string of the molecule is C#CCCCN(C(=O)Nc1c(C(C)C)cc(-c2cccc(OCc3ccncc3)c2)cc1C(C)C)c1cc2cccnc2[nH]c1=O. The first-order valence-corrected chi connectivity index (χ1v) is 15.5. The molecule has 8 nitrogen and oxygen atoms in total. The Bertz CT molecular complexity index is 1900. The molecule has 3 heterocycles. The fraction of sp³-hybridized carbons (Fsp3) is 0.263. The predicted octanol–water partition coefficient (Wildman–Crippen LogP) is 8.26. The van der Waals surface area contributed by atoms with Crippen LogP contribution in [0.2, 0.25) is 0 Å². The van der Waals surface area contributed by atoms with Crippen molar-refractivity contribution in [3.8, 4) is 29.2 Å². The first-order chi connectivity index (χ1) is 22.2. The summed E-state index contributed by atoms with van der Waals surface area (Å²) in [5.41, 5.74) is 6.15. The van der Waals surface area contributed by atoms with E-state index < -0.39 is 11.6 Å². The summed E-state index contributed by atoms with van der Waals surface area (Å²) in [5.74, 6) is 3.60. The smallest absolute Gasteiger partial charge is 0.326 e. The van der Waals surface area contributed by atoms with Crippen molar-refractivity contribution in [2.45, 2.75) is 59.0 Å². The van der Waals surface area contributed by atoms with Gasteiger partial charge in [0.2, 0.25) is 0 Å². The Kier molecular flexibility index (Phi) is 10.1. The summed E-state index contributed by atoms with van der Waals surface area (Å²) < 4.78 is 6.10. The molecule has 0 aliphatic carbocycles. The predicted molar refractivity (Wildman–Crippen MR) is 185 cm³/mol. The molecule has 0 saturated carbocycles. The van der Waals surface area contributed by atoms with Crippen molar-refractivity contribution in [3.63, 3.8) is 0 Å². The number of rotatable bonds is 11. The number of hydrogen-bond acceptors (Lipinski definition) is 5. The van der Waals surface area contributed by atoms with Gasteiger partial charge in [0.15, 0.2) is 0 Å². The number of anilines is 2. The van der Waals surface area contributed by atoms with Crippen LogP contribution in [-0.2, 0) is 6.61 Å². The van der Waals surface area contributed by atoms with Crippen LogP contribution in [-0.4, -0.2) is 27.5 Å². The van der Waals surface area contributed by atoms with Gasteiger partial charge in [0, 0.05) is 42.6 Å². The number of nitrogens with one attached hydrogen (secondary N) is 2. The second-order valence-electron chi connectivity index (χ2n) is 11.8. The average Bonchev–Trinajstić information content (AvgIpc) is 3.06. The van der Waals surface area contributed by atoms with E-state index in [0.29, 0.717) is 25.1 Å². The first kappa shape index (κ1) is 32.0. The van der Waals surface area contributed by atoms with Gasteiger partial charge in [-0.25, -0.2) is 9.78 Å². The number of hydrogen-bond donors (Lipinski definition) is 2. The topological polar surface area (TPSA) is 100 Å². The number of unbranched alkanes of at least 4 members (excludes halogenated alkanes) is 1. The zero-order chi connectivity index (χ0) is 32.6. The molecular formula is C38H39N5O3. The Balaban J connectivity index is 1.50. The summed E-state index contributed by atoms with van der Waals surface area (Å²) in [4.78, 5) is 39.9. The number of urea groups is 1. The lowest BCUT2D eigenvalue weighted by Gasteiger charge is -2.27. The molecule has 234 valence electrons. The largest absolute Gasteiger partial charge is 0.489 e. The number of carbonyl (C=O) groups is 1. The molecule has 2 amide bonds. The van der Waals surface area contributed by atoms with E-state index >= 15 is 0 Å². The van der Waals surface area contributed by atoms with Crippen LogP contribution in [0.3, 0.4) is 0 Å².